The Hall–Kier alpha value is -0.0400. The number of hydrogen-bond donors (Lipinski definition) is 1. The molecule has 0 amide bonds. The molecule has 0 heterocycles. The van der Waals surface area contributed by atoms with Gasteiger partial charge in [0, 0.05) is 12.1 Å². The van der Waals surface area contributed by atoms with Gasteiger partial charge in [0.15, 0.2) is 0 Å². The van der Waals surface area contributed by atoms with Gasteiger partial charge < -0.3 is 5.32 Å². The van der Waals surface area contributed by atoms with Crippen LogP contribution in [0.25, 0.3) is 0 Å². The highest BCUT2D eigenvalue weighted by Gasteiger charge is 2.23. The van der Waals surface area contributed by atoms with E-state index in [2.05, 4.69) is 33.0 Å². The lowest BCUT2D eigenvalue weighted by Gasteiger charge is -2.23. The fourth-order valence-corrected chi connectivity index (χ4v) is 2.67. The van der Waals surface area contributed by atoms with Gasteiger partial charge in [0.25, 0.3) is 0 Å². The van der Waals surface area contributed by atoms with Crippen molar-refractivity contribution in [1.82, 2.24) is 5.32 Å². The number of rotatable bonds is 6. The molecule has 0 aromatic heterocycles. The van der Waals surface area contributed by atoms with Crippen LogP contribution in [0.4, 0.5) is 0 Å². The summed E-state index contributed by atoms with van der Waals surface area (Å²) in [7, 11) is 0. The van der Waals surface area contributed by atoms with Crippen molar-refractivity contribution < 1.29 is 0 Å². The Kier molecular flexibility index (Phi) is 5.66. The second-order valence-electron chi connectivity index (χ2n) is 5.91. The smallest absolute Gasteiger partial charge is 0.00951 e. The van der Waals surface area contributed by atoms with Gasteiger partial charge in [0.05, 0.1) is 0 Å². The minimum Gasteiger partial charge on any atom is -0.311 e. The second-order valence-corrected chi connectivity index (χ2v) is 5.91. The summed E-state index contributed by atoms with van der Waals surface area (Å²) in [5, 5.41) is 3.80. The van der Waals surface area contributed by atoms with E-state index < -0.39 is 0 Å². The van der Waals surface area contributed by atoms with Gasteiger partial charge in [0.2, 0.25) is 0 Å². The van der Waals surface area contributed by atoms with Crippen molar-refractivity contribution in [3.05, 3.63) is 0 Å². The zero-order valence-electron chi connectivity index (χ0n) is 11.1. The van der Waals surface area contributed by atoms with Crippen molar-refractivity contribution >= 4 is 0 Å². The zero-order valence-corrected chi connectivity index (χ0v) is 11.1. The fourth-order valence-electron chi connectivity index (χ4n) is 2.67. The summed E-state index contributed by atoms with van der Waals surface area (Å²) in [6.07, 6.45) is 8.37. The lowest BCUT2D eigenvalue weighted by molar-refractivity contribution is 0.361. The van der Waals surface area contributed by atoms with Gasteiger partial charge >= 0.3 is 0 Å². The molecule has 0 saturated heterocycles. The number of hydrogen-bond acceptors (Lipinski definition) is 1. The van der Waals surface area contributed by atoms with E-state index in [0.717, 1.165) is 17.9 Å². The molecule has 3 unspecified atom stereocenters. The maximum atomic E-state index is 3.80. The van der Waals surface area contributed by atoms with E-state index in [1.165, 1.54) is 38.5 Å². The highest BCUT2D eigenvalue weighted by atomic mass is 15.0. The number of nitrogens with one attached hydrogen (secondary N) is 1. The van der Waals surface area contributed by atoms with Crippen LogP contribution in [-0.2, 0) is 0 Å². The molecule has 0 aromatic carbocycles. The van der Waals surface area contributed by atoms with Crippen LogP contribution in [0.2, 0.25) is 0 Å². The Bertz CT molecular complexity index is 165. The summed E-state index contributed by atoms with van der Waals surface area (Å²) in [6, 6.07) is 1.52. The summed E-state index contributed by atoms with van der Waals surface area (Å²) in [6.45, 7) is 9.38. The van der Waals surface area contributed by atoms with E-state index in [9.17, 15) is 0 Å². The first kappa shape index (κ1) is 13.0. The van der Waals surface area contributed by atoms with E-state index in [1.54, 1.807) is 0 Å². The molecule has 0 spiro atoms. The van der Waals surface area contributed by atoms with Gasteiger partial charge in [-0.1, -0.05) is 40.0 Å². The first-order valence-corrected chi connectivity index (χ1v) is 6.85. The lowest BCUT2D eigenvalue weighted by Crippen LogP contribution is -2.38. The van der Waals surface area contributed by atoms with Gasteiger partial charge in [-0.15, -0.1) is 0 Å². The predicted octanol–water partition coefficient (Wildman–Crippen LogP) is 3.98. The van der Waals surface area contributed by atoms with Crippen LogP contribution >= 0.6 is 0 Å². The Morgan fingerprint density at radius 3 is 2.40 bits per heavy atom. The summed E-state index contributed by atoms with van der Waals surface area (Å²) in [5.41, 5.74) is 0. The van der Waals surface area contributed by atoms with Crippen molar-refractivity contribution in [2.24, 2.45) is 11.8 Å². The standard InChI is InChI=1S/C14H29N/c1-11(2)7-5-9-13(4)15-14-10-6-8-12(14)3/h11-15H,5-10H2,1-4H3. The molecule has 1 N–H and O–H groups in total. The second kappa shape index (κ2) is 6.52. The molecular formula is C14H29N. The molecule has 90 valence electrons. The predicted molar refractivity (Wildman–Crippen MR) is 68.1 cm³/mol. The molecule has 1 heteroatoms. The molecule has 0 aromatic rings. The van der Waals surface area contributed by atoms with Crippen molar-refractivity contribution in [3.8, 4) is 0 Å². The van der Waals surface area contributed by atoms with Crippen LogP contribution in [-0.4, -0.2) is 12.1 Å². The average molecular weight is 211 g/mol. The lowest BCUT2D eigenvalue weighted by atomic mass is 10.0. The third-order valence-corrected chi connectivity index (χ3v) is 3.78. The highest BCUT2D eigenvalue weighted by Crippen LogP contribution is 2.25. The Morgan fingerprint density at radius 2 is 1.87 bits per heavy atom. The Labute approximate surface area is 96.0 Å². The van der Waals surface area contributed by atoms with E-state index in [-0.39, 0.29) is 0 Å². The molecule has 1 rings (SSSR count). The molecule has 0 radical (unpaired) electrons. The van der Waals surface area contributed by atoms with Crippen molar-refractivity contribution in [2.45, 2.75) is 78.3 Å². The van der Waals surface area contributed by atoms with Gasteiger partial charge in [-0.25, -0.2) is 0 Å². The molecule has 15 heavy (non-hydrogen) atoms. The van der Waals surface area contributed by atoms with E-state index >= 15 is 0 Å². The minimum atomic E-state index is 0.717. The van der Waals surface area contributed by atoms with Crippen molar-refractivity contribution in [2.75, 3.05) is 0 Å². The quantitative estimate of drug-likeness (QED) is 0.701. The largest absolute Gasteiger partial charge is 0.311 e. The van der Waals surface area contributed by atoms with Crippen molar-refractivity contribution in [3.63, 3.8) is 0 Å². The van der Waals surface area contributed by atoms with Gasteiger partial charge in [-0.05, 0) is 38.0 Å². The van der Waals surface area contributed by atoms with Crippen LogP contribution in [0.5, 0.6) is 0 Å². The molecule has 3 atom stereocenters. The molecule has 1 nitrogen and oxygen atoms in total. The summed E-state index contributed by atoms with van der Waals surface area (Å²) >= 11 is 0. The maximum Gasteiger partial charge on any atom is 0.00951 e. The first-order chi connectivity index (χ1) is 7.09. The van der Waals surface area contributed by atoms with Gasteiger partial charge in [-0.2, -0.15) is 0 Å². The maximum absolute atomic E-state index is 3.80. The van der Waals surface area contributed by atoms with E-state index in [0.29, 0.717) is 6.04 Å². The monoisotopic (exact) mass is 211 g/mol. The SMILES string of the molecule is CC(C)CCCC(C)NC1CCCC1C. The van der Waals surface area contributed by atoms with Gasteiger partial charge in [0.1, 0.15) is 0 Å². The minimum absolute atomic E-state index is 0.717. The normalized spacial score (nSPS) is 28.6. The molecule has 1 aliphatic rings. The van der Waals surface area contributed by atoms with Crippen LogP contribution in [0, 0.1) is 11.8 Å². The molecule has 1 fully saturated rings. The van der Waals surface area contributed by atoms with Crippen LogP contribution in [0.1, 0.15) is 66.2 Å². The molecule has 1 aliphatic carbocycles. The molecule has 0 bridgehead atoms. The third kappa shape index (κ3) is 5.01. The zero-order chi connectivity index (χ0) is 11.3. The van der Waals surface area contributed by atoms with Crippen LogP contribution < -0.4 is 5.32 Å². The molecule has 1 saturated carbocycles. The third-order valence-electron chi connectivity index (χ3n) is 3.78. The fraction of sp³-hybridized carbons (Fsp3) is 1.00. The van der Waals surface area contributed by atoms with Crippen LogP contribution in [0.15, 0.2) is 0 Å². The molecule has 0 aliphatic heterocycles. The van der Waals surface area contributed by atoms with Crippen LogP contribution in [0.3, 0.4) is 0 Å². The van der Waals surface area contributed by atoms with E-state index in [1.807, 2.05) is 0 Å². The van der Waals surface area contributed by atoms with E-state index in [4.69, 9.17) is 0 Å². The Balaban J connectivity index is 2.09. The topological polar surface area (TPSA) is 12.0 Å². The summed E-state index contributed by atoms with van der Waals surface area (Å²) < 4.78 is 0. The summed E-state index contributed by atoms with van der Waals surface area (Å²) in [5.74, 6) is 1.76. The Morgan fingerprint density at radius 1 is 1.13 bits per heavy atom. The highest BCUT2D eigenvalue weighted by molar-refractivity contribution is 4.82. The average Bonchev–Trinajstić information content (AvgIpc) is 2.51. The van der Waals surface area contributed by atoms with Crippen molar-refractivity contribution in [1.29, 1.82) is 0 Å². The molecular weight excluding hydrogens is 182 g/mol. The van der Waals surface area contributed by atoms with Gasteiger partial charge in [-0.3, -0.25) is 0 Å². The summed E-state index contributed by atoms with van der Waals surface area (Å²) in [4.78, 5) is 0. The first-order valence-electron chi connectivity index (χ1n) is 6.85.